The van der Waals surface area contributed by atoms with Crippen molar-refractivity contribution in [2.75, 3.05) is 18.1 Å². The smallest absolute Gasteiger partial charge is 0.335 e. The average Bonchev–Trinajstić information content (AvgIpc) is 2.37. The number of aromatic carboxylic acids is 1. The van der Waals surface area contributed by atoms with Crippen molar-refractivity contribution in [1.82, 2.24) is 0 Å². The van der Waals surface area contributed by atoms with Gasteiger partial charge in [0.1, 0.15) is 12.4 Å². The van der Waals surface area contributed by atoms with Crippen molar-refractivity contribution < 1.29 is 27.9 Å². The lowest BCUT2D eigenvalue weighted by molar-refractivity contribution is -0.117. The number of hydrogen-bond donors (Lipinski definition) is 2. The van der Waals surface area contributed by atoms with E-state index < -0.39 is 21.7 Å². The molecule has 7 nitrogen and oxygen atoms in total. The summed E-state index contributed by atoms with van der Waals surface area (Å²) in [7, 11) is -3.39. The maximum Gasteiger partial charge on any atom is 0.335 e. The predicted octanol–water partition coefficient (Wildman–Crippen LogP) is 0.0538. The molecule has 0 atom stereocenters. The van der Waals surface area contributed by atoms with Gasteiger partial charge in [0.15, 0.2) is 9.84 Å². The molecule has 1 amide bonds. The lowest BCUT2D eigenvalue weighted by Crippen LogP contribution is -2.21. The number of carboxylic acids is 1. The number of carbonyl (C=O) groups excluding carboxylic acids is 1. The lowest BCUT2D eigenvalue weighted by atomic mass is 10.2. The van der Waals surface area contributed by atoms with Crippen LogP contribution in [0.2, 0.25) is 0 Å². The molecule has 0 spiro atoms. The number of amides is 1. The summed E-state index contributed by atoms with van der Waals surface area (Å²) in [5.41, 5.74) is 4.99. The highest BCUT2D eigenvalue weighted by molar-refractivity contribution is 7.91. The maximum atomic E-state index is 11.5. The van der Waals surface area contributed by atoms with E-state index in [1.54, 1.807) is 0 Å². The fraction of sp³-hybridized carbons (Fsp3) is 0.333. The van der Waals surface area contributed by atoms with Crippen molar-refractivity contribution in [3.8, 4) is 5.75 Å². The zero-order chi connectivity index (χ0) is 15.2. The first kappa shape index (κ1) is 16.0. The van der Waals surface area contributed by atoms with Gasteiger partial charge >= 0.3 is 5.97 Å². The minimum Gasteiger partial charge on any atom is -0.493 e. The summed E-state index contributed by atoms with van der Waals surface area (Å²) >= 11 is 0. The highest BCUT2D eigenvalue weighted by Crippen LogP contribution is 2.12. The standard InChI is InChI=1S/C12H15NO6S/c13-11(14)5-7-20(17,18)8-6-19-10-3-1-9(2-4-10)12(15)16/h1-4H,5-8H2,(H2,13,14)(H,15,16). The molecule has 0 aliphatic heterocycles. The van der Waals surface area contributed by atoms with Crippen molar-refractivity contribution in [3.63, 3.8) is 0 Å². The van der Waals surface area contributed by atoms with Gasteiger partial charge in [-0.2, -0.15) is 0 Å². The van der Waals surface area contributed by atoms with Gasteiger partial charge in [-0.15, -0.1) is 0 Å². The molecule has 20 heavy (non-hydrogen) atoms. The van der Waals surface area contributed by atoms with Gasteiger partial charge in [0.05, 0.1) is 17.1 Å². The van der Waals surface area contributed by atoms with E-state index in [1.165, 1.54) is 24.3 Å². The van der Waals surface area contributed by atoms with Gasteiger partial charge in [-0.3, -0.25) is 4.79 Å². The predicted molar refractivity (Wildman–Crippen MR) is 71.4 cm³/mol. The van der Waals surface area contributed by atoms with Crippen LogP contribution >= 0.6 is 0 Å². The van der Waals surface area contributed by atoms with Crippen molar-refractivity contribution in [2.24, 2.45) is 5.73 Å². The molecular weight excluding hydrogens is 286 g/mol. The van der Waals surface area contributed by atoms with Gasteiger partial charge in [0, 0.05) is 6.42 Å². The summed E-state index contributed by atoms with van der Waals surface area (Å²) in [6.07, 6.45) is -0.213. The zero-order valence-corrected chi connectivity index (χ0v) is 11.4. The topological polar surface area (TPSA) is 124 Å². The number of primary amides is 1. The molecular formula is C12H15NO6S. The van der Waals surface area contributed by atoms with E-state index in [0.29, 0.717) is 5.75 Å². The second-order valence-corrected chi connectivity index (χ2v) is 6.35. The summed E-state index contributed by atoms with van der Waals surface area (Å²) in [6.45, 7) is -0.0759. The van der Waals surface area contributed by atoms with Gasteiger partial charge in [0.2, 0.25) is 5.91 Å². The van der Waals surface area contributed by atoms with Crippen LogP contribution < -0.4 is 10.5 Å². The molecule has 3 N–H and O–H groups in total. The second-order valence-electron chi connectivity index (χ2n) is 4.05. The van der Waals surface area contributed by atoms with E-state index in [0.717, 1.165) is 0 Å². The molecule has 0 bridgehead atoms. The minimum atomic E-state index is -3.39. The number of rotatable bonds is 8. The Balaban J connectivity index is 2.44. The van der Waals surface area contributed by atoms with Crippen molar-refractivity contribution >= 4 is 21.7 Å². The van der Waals surface area contributed by atoms with E-state index in [9.17, 15) is 18.0 Å². The van der Waals surface area contributed by atoms with E-state index in [1.807, 2.05) is 0 Å². The number of nitrogens with two attached hydrogens (primary N) is 1. The molecule has 0 aliphatic rings. The third kappa shape index (κ3) is 5.70. The van der Waals surface area contributed by atoms with Crippen LogP contribution in [-0.2, 0) is 14.6 Å². The van der Waals surface area contributed by atoms with Gasteiger partial charge in [0.25, 0.3) is 0 Å². The molecule has 110 valence electrons. The highest BCUT2D eigenvalue weighted by atomic mass is 32.2. The van der Waals surface area contributed by atoms with Crippen molar-refractivity contribution in [3.05, 3.63) is 29.8 Å². The van der Waals surface area contributed by atoms with E-state index >= 15 is 0 Å². The van der Waals surface area contributed by atoms with Crippen LogP contribution in [0.25, 0.3) is 0 Å². The zero-order valence-electron chi connectivity index (χ0n) is 10.6. The first-order chi connectivity index (χ1) is 9.30. The summed E-state index contributed by atoms with van der Waals surface area (Å²) in [6, 6.07) is 5.61. The number of benzene rings is 1. The van der Waals surface area contributed by atoms with Crippen LogP contribution in [0.3, 0.4) is 0 Å². The van der Waals surface area contributed by atoms with Crippen LogP contribution in [0, 0.1) is 0 Å². The largest absolute Gasteiger partial charge is 0.493 e. The van der Waals surface area contributed by atoms with Crippen LogP contribution in [0.1, 0.15) is 16.8 Å². The number of ether oxygens (including phenoxy) is 1. The van der Waals surface area contributed by atoms with E-state index in [4.69, 9.17) is 15.6 Å². The summed E-state index contributed by atoms with van der Waals surface area (Å²) in [5.74, 6) is -1.88. The molecule has 0 saturated carbocycles. The van der Waals surface area contributed by atoms with Crippen LogP contribution in [0.5, 0.6) is 5.75 Å². The fourth-order valence-corrected chi connectivity index (χ4v) is 2.39. The summed E-state index contributed by atoms with van der Waals surface area (Å²) in [5, 5.41) is 8.70. The van der Waals surface area contributed by atoms with Gasteiger partial charge in [-0.25, -0.2) is 13.2 Å². The molecule has 0 saturated heterocycles. The molecule has 0 heterocycles. The molecule has 8 heteroatoms. The quantitative estimate of drug-likeness (QED) is 0.699. The highest BCUT2D eigenvalue weighted by Gasteiger charge is 2.12. The number of sulfone groups is 1. The molecule has 1 rings (SSSR count). The Bertz CT molecular complexity index is 578. The minimum absolute atomic E-state index is 0.0759. The molecule has 1 aromatic carbocycles. The molecule has 0 aliphatic carbocycles. The van der Waals surface area contributed by atoms with Gasteiger partial charge < -0.3 is 15.6 Å². The number of carboxylic acid groups (broad SMARTS) is 1. The monoisotopic (exact) mass is 301 g/mol. The Kier molecular flexibility index (Phi) is 5.51. The van der Waals surface area contributed by atoms with E-state index in [-0.39, 0.29) is 30.1 Å². The number of hydrogen-bond acceptors (Lipinski definition) is 5. The number of carbonyl (C=O) groups is 2. The Morgan fingerprint density at radius 3 is 2.25 bits per heavy atom. The Hall–Kier alpha value is -2.09. The summed E-state index contributed by atoms with van der Waals surface area (Å²) < 4.78 is 28.2. The Morgan fingerprint density at radius 2 is 1.75 bits per heavy atom. The Labute approximate surface area is 116 Å². The van der Waals surface area contributed by atoms with Crippen molar-refractivity contribution in [2.45, 2.75) is 6.42 Å². The molecule has 0 aromatic heterocycles. The average molecular weight is 301 g/mol. The third-order valence-electron chi connectivity index (χ3n) is 2.42. The molecule has 0 unspecified atom stereocenters. The normalized spacial score (nSPS) is 11.0. The molecule has 0 fully saturated rings. The molecule has 0 radical (unpaired) electrons. The summed E-state index contributed by atoms with van der Waals surface area (Å²) in [4.78, 5) is 21.1. The molecule has 1 aromatic rings. The maximum absolute atomic E-state index is 11.5. The van der Waals surface area contributed by atoms with Crippen LogP contribution in [0.15, 0.2) is 24.3 Å². The Morgan fingerprint density at radius 1 is 1.15 bits per heavy atom. The van der Waals surface area contributed by atoms with Gasteiger partial charge in [-0.1, -0.05) is 0 Å². The van der Waals surface area contributed by atoms with E-state index in [2.05, 4.69) is 0 Å². The second kappa shape index (κ2) is 6.90. The lowest BCUT2D eigenvalue weighted by Gasteiger charge is -2.07. The first-order valence-electron chi connectivity index (χ1n) is 5.75. The SMILES string of the molecule is NC(=O)CCS(=O)(=O)CCOc1ccc(C(=O)O)cc1. The fourth-order valence-electron chi connectivity index (χ4n) is 1.34. The third-order valence-corrected chi connectivity index (χ3v) is 4.04. The van der Waals surface area contributed by atoms with Crippen LogP contribution in [0.4, 0.5) is 0 Å². The van der Waals surface area contributed by atoms with Gasteiger partial charge in [-0.05, 0) is 24.3 Å². The van der Waals surface area contributed by atoms with Crippen LogP contribution in [-0.4, -0.2) is 43.5 Å². The first-order valence-corrected chi connectivity index (χ1v) is 7.57. The van der Waals surface area contributed by atoms with Crippen molar-refractivity contribution in [1.29, 1.82) is 0 Å².